The molecule has 1 aliphatic rings. The Bertz CT molecular complexity index is 1090. The molecule has 0 spiro atoms. The predicted molar refractivity (Wildman–Crippen MR) is 99.0 cm³/mol. The maximum atomic E-state index is 14.7. The lowest BCUT2D eigenvalue weighted by atomic mass is 9.88. The topological polar surface area (TPSA) is 81.7 Å². The molecule has 2 aromatic heterocycles. The van der Waals surface area contributed by atoms with Crippen LogP contribution in [0.2, 0.25) is 0 Å². The van der Waals surface area contributed by atoms with E-state index in [1.54, 1.807) is 43.6 Å². The Kier molecular flexibility index (Phi) is 4.80. The molecule has 29 heavy (non-hydrogen) atoms. The summed E-state index contributed by atoms with van der Waals surface area (Å²) in [6.07, 6.45) is 3.39. The number of H-pyrrole nitrogens is 1. The fourth-order valence-corrected chi connectivity index (χ4v) is 3.67. The van der Waals surface area contributed by atoms with Crippen molar-refractivity contribution in [3.8, 4) is 0 Å². The molecule has 3 aromatic rings. The molecule has 3 heterocycles. The highest BCUT2D eigenvalue weighted by atomic mass is 19.1. The molecule has 6 nitrogen and oxygen atoms in total. The van der Waals surface area contributed by atoms with Crippen LogP contribution in [0.25, 0.3) is 0 Å². The number of Topliss-reactive ketones (excluding diaryl/α,β-unsaturated/α-hetero) is 2. The van der Waals surface area contributed by atoms with E-state index in [-0.39, 0.29) is 17.9 Å². The molecule has 0 bridgehead atoms. The standard InChI is InChI=1S/C22H17FN2O4/c1-13-8-9-17(29-13)20(26)18-19(15-6-2-3-7-16(15)23)25(22(28)21(18)27)12-14-5-4-10-24-11-14/h2-11,18-19H,12H2,1H3/p+1. The smallest absolute Gasteiger partial charge is 0.291 e. The molecule has 1 N–H and O–H groups in total. The number of furan rings is 1. The van der Waals surface area contributed by atoms with Crippen LogP contribution >= 0.6 is 0 Å². The van der Waals surface area contributed by atoms with Crippen molar-refractivity contribution in [1.82, 2.24) is 4.90 Å². The zero-order chi connectivity index (χ0) is 20.5. The van der Waals surface area contributed by atoms with Crippen molar-refractivity contribution in [3.63, 3.8) is 0 Å². The average Bonchev–Trinajstić information content (AvgIpc) is 3.26. The maximum Gasteiger partial charge on any atom is 0.291 e. The van der Waals surface area contributed by atoms with Gasteiger partial charge in [-0.3, -0.25) is 14.4 Å². The van der Waals surface area contributed by atoms with Crippen LogP contribution in [-0.2, 0) is 16.1 Å². The Morgan fingerprint density at radius 2 is 1.93 bits per heavy atom. The largest absolute Gasteiger partial charge is 0.458 e. The van der Waals surface area contributed by atoms with E-state index in [1.807, 2.05) is 0 Å². The number of nitrogens with zero attached hydrogens (tertiary/aromatic N) is 1. The van der Waals surface area contributed by atoms with Gasteiger partial charge in [-0.2, -0.15) is 0 Å². The molecule has 0 saturated carbocycles. The molecule has 1 aliphatic heterocycles. The minimum Gasteiger partial charge on any atom is -0.458 e. The second-order valence-electron chi connectivity index (χ2n) is 6.93. The summed E-state index contributed by atoms with van der Waals surface area (Å²) in [4.78, 5) is 42.9. The molecular formula is C22H18FN2O4+. The highest BCUT2D eigenvalue weighted by Crippen LogP contribution is 2.40. The third-order valence-corrected chi connectivity index (χ3v) is 5.02. The van der Waals surface area contributed by atoms with Crippen molar-refractivity contribution in [1.29, 1.82) is 0 Å². The van der Waals surface area contributed by atoms with Crippen LogP contribution in [0.15, 0.2) is 65.3 Å². The van der Waals surface area contributed by atoms with Crippen LogP contribution in [0, 0.1) is 18.7 Å². The van der Waals surface area contributed by atoms with Crippen molar-refractivity contribution in [2.24, 2.45) is 5.92 Å². The predicted octanol–water partition coefficient (Wildman–Crippen LogP) is 2.69. The number of amides is 1. The van der Waals surface area contributed by atoms with Gasteiger partial charge >= 0.3 is 0 Å². The minimum absolute atomic E-state index is 0.0233. The zero-order valence-corrected chi connectivity index (χ0v) is 15.6. The molecule has 1 aromatic carbocycles. The van der Waals surface area contributed by atoms with Crippen LogP contribution in [0.1, 0.15) is 33.5 Å². The van der Waals surface area contributed by atoms with E-state index in [1.165, 1.54) is 29.2 Å². The molecular weight excluding hydrogens is 375 g/mol. The number of ketones is 2. The number of aromatic nitrogens is 1. The van der Waals surface area contributed by atoms with Gasteiger partial charge in [0, 0.05) is 17.2 Å². The number of likely N-dealkylation sites (tertiary alicyclic amines) is 1. The first kappa shape index (κ1) is 18.7. The van der Waals surface area contributed by atoms with Crippen LogP contribution in [-0.4, -0.2) is 22.4 Å². The van der Waals surface area contributed by atoms with E-state index in [0.29, 0.717) is 5.76 Å². The Morgan fingerprint density at radius 3 is 2.59 bits per heavy atom. The molecule has 2 atom stereocenters. The highest BCUT2D eigenvalue weighted by Gasteiger charge is 2.53. The molecule has 2 unspecified atom stereocenters. The van der Waals surface area contributed by atoms with E-state index < -0.39 is 35.3 Å². The van der Waals surface area contributed by atoms with Gasteiger partial charge in [-0.25, -0.2) is 9.37 Å². The third kappa shape index (κ3) is 3.35. The summed E-state index contributed by atoms with van der Waals surface area (Å²) in [5.74, 6) is -3.79. The lowest BCUT2D eigenvalue weighted by Gasteiger charge is -2.26. The van der Waals surface area contributed by atoms with Crippen molar-refractivity contribution in [2.75, 3.05) is 0 Å². The normalized spacial score (nSPS) is 19.0. The van der Waals surface area contributed by atoms with Gasteiger partial charge in [0.1, 0.15) is 17.5 Å². The fourth-order valence-electron chi connectivity index (χ4n) is 3.67. The number of rotatable bonds is 5. The van der Waals surface area contributed by atoms with E-state index in [2.05, 4.69) is 4.98 Å². The summed E-state index contributed by atoms with van der Waals surface area (Å²) in [6, 6.07) is 11.4. The molecule has 146 valence electrons. The van der Waals surface area contributed by atoms with Crippen molar-refractivity contribution >= 4 is 17.5 Å². The number of nitrogens with one attached hydrogen (secondary N) is 1. The quantitative estimate of drug-likeness (QED) is 0.379. The van der Waals surface area contributed by atoms with Crippen LogP contribution in [0.5, 0.6) is 0 Å². The lowest BCUT2D eigenvalue weighted by Crippen LogP contribution is -2.31. The van der Waals surface area contributed by atoms with Gasteiger partial charge in [0.25, 0.3) is 5.91 Å². The fraction of sp³-hybridized carbons (Fsp3) is 0.182. The van der Waals surface area contributed by atoms with Gasteiger partial charge in [0.2, 0.25) is 11.6 Å². The summed E-state index contributed by atoms with van der Waals surface area (Å²) in [5.41, 5.74) is 0.838. The summed E-state index contributed by atoms with van der Waals surface area (Å²) in [5, 5.41) is 0. The number of carbonyl (C=O) groups excluding carboxylic acids is 3. The molecule has 1 saturated heterocycles. The van der Waals surface area contributed by atoms with Gasteiger partial charge in [0.05, 0.1) is 12.6 Å². The van der Waals surface area contributed by atoms with Gasteiger partial charge in [-0.15, -0.1) is 0 Å². The first-order valence-corrected chi connectivity index (χ1v) is 9.12. The van der Waals surface area contributed by atoms with Crippen molar-refractivity contribution < 1.29 is 28.2 Å². The molecule has 1 fully saturated rings. The maximum absolute atomic E-state index is 14.7. The van der Waals surface area contributed by atoms with E-state index >= 15 is 0 Å². The second kappa shape index (κ2) is 7.43. The van der Waals surface area contributed by atoms with Gasteiger partial charge in [0.15, 0.2) is 18.2 Å². The third-order valence-electron chi connectivity index (χ3n) is 5.02. The first-order valence-electron chi connectivity index (χ1n) is 9.12. The van der Waals surface area contributed by atoms with E-state index in [9.17, 15) is 18.8 Å². The monoisotopic (exact) mass is 393 g/mol. The molecule has 7 heteroatoms. The number of aryl methyl sites for hydroxylation is 1. The first-order chi connectivity index (χ1) is 14.0. The number of hydrogen-bond acceptors (Lipinski definition) is 4. The number of benzene rings is 1. The Balaban J connectivity index is 1.80. The molecule has 1 amide bonds. The number of pyridine rings is 1. The van der Waals surface area contributed by atoms with Crippen LogP contribution in [0.3, 0.4) is 0 Å². The Hall–Kier alpha value is -3.61. The number of aromatic amines is 1. The summed E-state index contributed by atoms with van der Waals surface area (Å²) < 4.78 is 20.0. The zero-order valence-electron chi connectivity index (χ0n) is 15.6. The average molecular weight is 393 g/mol. The second-order valence-corrected chi connectivity index (χ2v) is 6.93. The molecule has 4 rings (SSSR count). The highest BCUT2D eigenvalue weighted by molar-refractivity contribution is 6.43. The van der Waals surface area contributed by atoms with Crippen LogP contribution in [0.4, 0.5) is 4.39 Å². The number of hydrogen-bond donors (Lipinski definition) is 0. The number of carbonyl (C=O) groups is 3. The van der Waals surface area contributed by atoms with Crippen LogP contribution < -0.4 is 4.98 Å². The minimum atomic E-state index is -1.38. The molecule has 0 aliphatic carbocycles. The number of halogens is 1. The Morgan fingerprint density at radius 1 is 1.14 bits per heavy atom. The summed E-state index contributed by atoms with van der Waals surface area (Å²) in [7, 11) is 0. The molecule has 0 radical (unpaired) electrons. The van der Waals surface area contributed by atoms with Gasteiger partial charge in [-0.05, 0) is 31.2 Å². The summed E-state index contributed by atoms with van der Waals surface area (Å²) in [6.45, 7) is 1.73. The van der Waals surface area contributed by atoms with Gasteiger partial charge < -0.3 is 9.32 Å². The van der Waals surface area contributed by atoms with E-state index in [4.69, 9.17) is 4.42 Å². The van der Waals surface area contributed by atoms with Crippen molar-refractivity contribution in [2.45, 2.75) is 19.5 Å². The SMILES string of the molecule is Cc1ccc(C(=O)C2C(=O)C(=O)N(Cc3ccc[nH+]c3)C2c2ccccc2F)o1. The van der Waals surface area contributed by atoms with Crippen molar-refractivity contribution in [3.05, 3.63) is 89.4 Å². The lowest BCUT2D eigenvalue weighted by molar-refractivity contribution is -0.378. The summed E-state index contributed by atoms with van der Waals surface area (Å²) >= 11 is 0. The van der Waals surface area contributed by atoms with E-state index in [0.717, 1.165) is 5.56 Å². The Labute approximate surface area is 166 Å². The van der Waals surface area contributed by atoms with Gasteiger partial charge in [-0.1, -0.05) is 18.2 Å².